The molecule has 0 aromatic rings. The maximum atomic E-state index is 11.2. The third-order valence-electron chi connectivity index (χ3n) is 2.05. The van der Waals surface area contributed by atoms with Crippen LogP contribution >= 0.6 is 0 Å². The van der Waals surface area contributed by atoms with E-state index in [-0.39, 0.29) is 25.0 Å². The second-order valence-corrected chi connectivity index (χ2v) is 3.66. The summed E-state index contributed by atoms with van der Waals surface area (Å²) in [5, 5.41) is 13.6. The molecule has 0 aromatic heterocycles. The third-order valence-corrected chi connectivity index (χ3v) is 2.05. The van der Waals surface area contributed by atoms with E-state index in [1.807, 2.05) is 13.0 Å². The van der Waals surface area contributed by atoms with Crippen LogP contribution in [0.2, 0.25) is 0 Å². The number of carboxylic acids is 1. The summed E-state index contributed by atoms with van der Waals surface area (Å²) in [7, 11) is 0. The minimum atomic E-state index is -0.917. The van der Waals surface area contributed by atoms with Gasteiger partial charge in [-0.25, -0.2) is 4.79 Å². The Morgan fingerprint density at radius 2 is 2.19 bits per heavy atom. The molecular weight excluding hydrogens is 208 g/mol. The third kappa shape index (κ3) is 9.05. The molecule has 0 aliphatic heterocycles. The van der Waals surface area contributed by atoms with Gasteiger partial charge in [0.1, 0.15) is 0 Å². The molecule has 92 valence electrons. The Labute approximate surface area is 95.9 Å². The van der Waals surface area contributed by atoms with Crippen LogP contribution in [0.15, 0.2) is 12.7 Å². The Bertz CT molecular complexity index is 241. The highest BCUT2D eigenvalue weighted by Crippen LogP contribution is 2.00. The van der Waals surface area contributed by atoms with Crippen molar-refractivity contribution in [2.24, 2.45) is 0 Å². The summed E-state index contributed by atoms with van der Waals surface area (Å²) in [5.41, 5.74) is 0. The maximum absolute atomic E-state index is 11.2. The van der Waals surface area contributed by atoms with Gasteiger partial charge >= 0.3 is 12.0 Å². The molecule has 16 heavy (non-hydrogen) atoms. The summed E-state index contributed by atoms with van der Waals surface area (Å²) in [5.74, 6) is -0.917. The number of carboxylic acid groups (broad SMARTS) is 1. The minimum absolute atomic E-state index is 0.0573. The molecule has 1 unspecified atom stereocenters. The zero-order valence-corrected chi connectivity index (χ0v) is 9.66. The van der Waals surface area contributed by atoms with Crippen LogP contribution in [0.3, 0.4) is 0 Å². The average molecular weight is 228 g/mol. The van der Waals surface area contributed by atoms with Gasteiger partial charge in [0.15, 0.2) is 0 Å². The Hall–Kier alpha value is -1.52. The molecular formula is C11H20N2O3. The van der Waals surface area contributed by atoms with Gasteiger partial charge in [-0.2, -0.15) is 0 Å². The van der Waals surface area contributed by atoms with Gasteiger partial charge in [-0.3, -0.25) is 4.79 Å². The van der Waals surface area contributed by atoms with Crippen molar-refractivity contribution in [2.45, 2.75) is 38.6 Å². The maximum Gasteiger partial charge on any atom is 0.315 e. The zero-order chi connectivity index (χ0) is 12.4. The predicted octanol–water partition coefficient (Wildman–Crippen LogP) is 1.51. The first-order valence-corrected chi connectivity index (χ1v) is 5.43. The van der Waals surface area contributed by atoms with E-state index < -0.39 is 5.97 Å². The highest BCUT2D eigenvalue weighted by Gasteiger charge is 2.06. The quantitative estimate of drug-likeness (QED) is 0.435. The smallest absolute Gasteiger partial charge is 0.315 e. The molecule has 0 saturated heterocycles. The molecule has 0 aromatic carbocycles. The van der Waals surface area contributed by atoms with Gasteiger partial charge in [0.25, 0.3) is 0 Å². The number of carbonyl (C=O) groups excluding carboxylic acids is 1. The molecule has 0 rings (SSSR count). The van der Waals surface area contributed by atoms with E-state index in [2.05, 4.69) is 17.2 Å². The topological polar surface area (TPSA) is 78.4 Å². The van der Waals surface area contributed by atoms with E-state index in [0.29, 0.717) is 0 Å². The monoisotopic (exact) mass is 228 g/mol. The lowest BCUT2D eigenvalue weighted by molar-refractivity contribution is -0.136. The van der Waals surface area contributed by atoms with Crippen molar-refractivity contribution in [1.82, 2.24) is 10.6 Å². The molecule has 3 N–H and O–H groups in total. The summed E-state index contributed by atoms with van der Waals surface area (Å²) in [4.78, 5) is 21.4. The highest BCUT2D eigenvalue weighted by atomic mass is 16.4. The van der Waals surface area contributed by atoms with E-state index in [1.54, 1.807) is 0 Å². The summed E-state index contributed by atoms with van der Waals surface area (Å²) in [6.07, 6.45) is 4.60. The lowest BCUT2D eigenvalue weighted by Crippen LogP contribution is -2.41. The molecule has 0 saturated carbocycles. The predicted molar refractivity (Wildman–Crippen MR) is 62.3 cm³/mol. The molecule has 0 heterocycles. The first-order valence-electron chi connectivity index (χ1n) is 5.43. The number of hydrogen-bond donors (Lipinski definition) is 3. The zero-order valence-electron chi connectivity index (χ0n) is 9.66. The number of amides is 2. The van der Waals surface area contributed by atoms with E-state index in [0.717, 1.165) is 19.3 Å². The van der Waals surface area contributed by atoms with Crippen LogP contribution in [-0.4, -0.2) is 29.7 Å². The first kappa shape index (κ1) is 14.5. The van der Waals surface area contributed by atoms with E-state index in [1.165, 1.54) is 0 Å². The number of hydrogen-bond acceptors (Lipinski definition) is 2. The largest absolute Gasteiger partial charge is 0.481 e. The van der Waals surface area contributed by atoms with E-state index in [4.69, 9.17) is 5.11 Å². The van der Waals surface area contributed by atoms with Gasteiger partial charge in [-0.15, -0.1) is 6.58 Å². The molecule has 5 heteroatoms. The van der Waals surface area contributed by atoms with Crippen molar-refractivity contribution in [3.8, 4) is 0 Å². The number of allylic oxidation sites excluding steroid dienone is 1. The number of unbranched alkanes of at least 4 members (excludes halogenated alkanes) is 1. The molecule has 1 atom stereocenters. The van der Waals surface area contributed by atoms with Gasteiger partial charge < -0.3 is 15.7 Å². The average Bonchev–Trinajstić information content (AvgIpc) is 2.17. The van der Waals surface area contributed by atoms with Gasteiger partial charge in [-0.1, -0.05) is 6.08 Å². The summed E-state index contributed by atoms with van der Waals surface area (Å²) in [6.45, 7) is 5.69. The summed E-state index contributed by atoms with van der Waals surface area (Å²) < 4.78 is 0. The van der Waals surface area contributed by atoms with Crippen LogP contribution < -0.4 is 10.6 Å². The van der Waals surface area contributed by atoms with Crippen LogP contribution in [0.4, 0.5) is 4.79 Å². The second kappa shape index (κ2) is 8.76. The molecule has 0 spiro atoms. The summed E-state index contributed by atoms with van der Waals surface area (Å²) in [6, 6.07) is -0.225. The van der Waals surface area contributed by atoms with Crippen molar-refractivity contribution >= 4 is 12.0 Å². The van der Waals surface area contributed by atoms with Crippen molar-refractivity contribution in [2.75, 3.05) is 6.54 Å². The number of aliphatic carboxylic acids is 1. The minimum Gasteiger partial charge on any atom is -0.481 e. The van der Waals surface area contributed by atoms with Gasteiger partial charge in [0, 0.05) is 12.6 Å². The highest BCUT2D eigenvalue weighted by molar-refractivity contribution is 5.75. The Morgan fingerprint density at radius 3 is 2.75 bits per heavy atom. The van der Waals surface area contributed by atoms with Gasteiger partial charge in [0.05, 0.1) is 6.42 Å². The van der Waals surface area contributed by atoms with Crippen LogP contribution in [0.1, 0.15) is 32.6 Å². The van der Waals surface area contributed by atoms with Crippen LogP contribution in [0, 0.1) is 0 Å². The van der Waals surface area contributed by atoms with Crippen molar-refractivity contribution in [1.29, 1.82) is 0 Å². The normalized spacial score (nSPS) is 11.6. The molecule has 0 bridgehead atoms. The van der Waals surface area contributed by atoms with Crippen LogP contribution in [-0.2, 0) is 4.79 Å². The van der Waals surface area contributed by atoms with E-state index >= 15 is 0 Å². The Balaban J connectivity index is 3.53. The fraction of sp³-hybridized carbons (Fsp3) is 0.636. The van der Waals surface area contributed by atoms with Gasteiger partial charge in [-0.05, 0) is 26.2 Å². The second-order valence-electron chi connectivity index (χ2n) is 3.66. The fourth-order valence-corrected chi connectivity index (χ4v) is 1.20. The van der Waals surface area contributed by atoms with Gasteiger partial charge in [0.2, 0.25) is 0 Å². The number of carbonyl (C=O) groups is 2. The fourth-order valence-electron chi connectivity index (χ4n) is 1.20. The van der Waals surface area contributed by atoms with Crippen molar-refractivity contribution < 1.29 is 14.7 Å². The van der Waals surface area contributed by atoms with Crippen molar-refractivity contribution in [3.63, 3.8) is 0 Å². The molecule has 0 fully saturated rings. The molecule has 5 nitrogen and oxygen atoms in total. The van der Waals surface area contributed by atoms with Crippen LogP contribution in [0.25, 0.3) is 0 Å². The number of rotatable bonds is 8. The number of nitrogens with one attached hydrogen (secondary N) is 2. The SMILES string of the molecule is C=CCCCC(C)NC(=O)NCCC(=O)O. The lowest BCUT2D eigenvalue weighted by atomic mass is 10.1. The van der Waals surface area contributed by atoms with E-state index in [9.17, 15) is 9.59 Å². The Morgan fingerprint density at radius 1 is 1.50 bits per heavy atom. The molecule has 0 aliphatic carbocycles. The Kier molecular flexibility index (Phi) is 7.93. The van der Waals surface area contributed by atoms with Crippen molar-refractivity contribution in [3.05, 3.63) is 12.7 Å². The first-order chi connectivity index (χ1) is 7.56. The molecule has 2 amide bonds. The standard InChI is InChI=1S/C11H20N2O3/c1-3-4-5-6-9(2)13-11(16)12-8-7-10(14)15/h3,9H,1,4-8H2,2H3,(H,14,15)(H2,12,13,16). The number of urea groups is 1. The van der Waals surface area contributed by atoms with Crippen LogP contribution in [0.5, 0.6) is 0 Å². The molecule has 0 radical (unpaired) electrons. The summed E-state index contributed by atoms with van der Waals surface area (Å²) >= 11 is 0. The molecule has 0 aliphatic rings. The lowest BCUT2D eigenvalue weighted by Gasteiger charge is -2.13.